The number of carbonyl (C=O) groups is 1. The van der Waals surface area contributed by atoms with Crippen LogP contribution in [-0.2, 0) is 16.8 Å². The SMILES string of the molecule is Cc1noc(-c2ccc(-c3ccc(C4(C(=O)O)CC4)cc3)cc2)c1Cn1ccc(C2C=CC=CC2C)n1. The van der Waals surface area contributed by atoms with Crippen LogP contribution >= 0.6 is 0 Å². The van der Waals surface area contributed by atoms with Crippen LogP contribution < -0.4 is 0 Å². The van der Waals surface area contributed by atoms with E-state index in [2.05, 4.69) is 54.6 Å². The van der Waals surface area contributed by atoms with Crippen LogP contribution in [0.25, 0.3) is 22.5 Å². The largest absolute Gasteiger partial charge is 0.481 e. The van der Waals surface area contributed by atoms with Crippen molar-refractivity contribution in [3.63, 3.8) is 0 Å². The summed E-state index contributed by atoms with van der Waals surface area (Å²) in [6.07, 6.45) is 12.0. The molecular formula is C31H29N3O3. The summed E-state index contributed by atoms with van der Waals surface area (Å²) in [6, 6.07) is 18.2. The highest BCUT2D eigenvalue weighted by molar-refractivity contribution is 5.85. The maximum atomic E-state index is 11.6. The monoisotopic (exact) mass is 491 g/mol. The molecule has 2 aromatic carbocycles. The Morgan fingerprint density at radius 3 is 2.30 bits per heavy atom. The van der Waals surface area contributed by atoms with Crippen LogP contribution in [0.15, 0.2) is 89.6 Å². The highest BCUT2D eigenvalue weighted by Crippen LogP contribution is 2.48. The van der Waals surface area contributed by atoms with E-state index < -0.39 is 11.4 Å². The van der Waals surface area contributed by atoms with Crippen LogP contribution in [0.5, 0.6) is 0 Å². The third-order valence-electron chi connectivity index (χ3n) is 7.80. The third kappa shape index (κ3) is 4.22. The molecule has 6 nitrogen and oxygen atoms in total. The Hall–Kier alpha value is -4.19. The Kier molecular flexibility index (Phi) is 5.67. The van der Waals surface area contributed by atoms with Crippen LogP contribution in [0, 0.1) is 12.8 Å². The highest BCUT2D eigenvalue weighted by atomic mass is 16.5. The number of aryl methyl sites for hydroxylation is 1. The van der Waals surface area contributed by atoms with Gasteiger partial charge in [0, 0.05) is 23.2 Å². The topological polar surface area (TPSA) is 81.1 Å². The number of carboxylic acid groups (broad SMARTS) is 1. The van der Waals surface area contributed by atoms with Gasteiger partial charge in [0.2, 0.25) is 0 Å². The van der Waals surface area contributed by atoms with Crippen molar-refractivity contribution in [2.75, 3.05) is 0 Å². The minimum absolute atomic E-state index is 0.287. The van der Waals surface area contributed by atoms with Gasteiger partial charge in [0.05, 0.1) is 23.3 Å². The Morgan fingerprint density at radius 2 is 1.65 bits per heavy atom. The van der Waals surface area contributed by atoms with Crippen LogP contribution in [0.1, 0.15) is 48.2 Å². The number of aliphatic carboxylic acids is 1. The molecule has 37 heavy (non-hydrogen) atoms. The Morgan fingerprint density at radius 1 is 1.00 bits per heavy atom. The average molecular weight is 492 g/mol. The number of benzene rings is 2. The van der Waals surface area contributed by atoms with Gasteiger partial charge in [-0.15, -0.1) is 0 Å². The molecule has 1 saturated carbocycles. The molecule has 4 aromatic rings. The van der Waals surface area contributed by atoms with Crippen molar-refractivity contribution in [2.24, 2.45) is 5.92 Å². The van der Waals surface area contributed by atoms with Crippen molar-refractivity contribution in [3.8, 4) is 22.5 Å². The first-order chi connectivity index (χ1) is 17.9. The standard InChI is InChI=1S/C31H29N3O3/c1-20-5-3-4-6-26(20)28-15-18-34(32-28)19-27-21(2)33-37-29(27)24-9-7-22(8-10-24)23-11-13-25(14-12-23)31(16-17-31)30(35)36/h3-15,18,20,26H,16-17,19H2,1-2H3,(H,35,36). The van der Waals surface area contributed by atoms with E-state index in [1.165, 1.54) is 0 Å². The van der Waals surface area contributed by atoms with Gasteiger partial charge < -0.3 is 9.63 Å². The number of carboxylic acids is 1. The molecule has 2 atom stereocenters. The molecule has 0 bridgehead atoms. The summed E-state index contributed by atoms with van der Waals surface area (Å²) in [6.45, 7) is 4.76. The highest BCUT2D eigenvalue weighted by Gasteiger charge is 2.51. The molecule has 1 fully saturated rings. The smallest absolute Gasteiger partial charge is 0.314 e. The van der Waals surface area contributed by atoms with E-state index in [0.717, 1.165) is 45.0 Å². The molecule has 6 rings (SSSR count). The molecule has 0 saturated heterocycles. The zero-order valence-electron chi connectivity index (χ0n) is 21.0. The van der Waals surface area contributed by atoms with Gasteiger partial charge in [-0.3, -0.25) is 9.48 Å². The molecule has 2 aliphatic rings. The lowest BCUT2D eigenvalue weighted by Gasteiger charge is -2.18. The second-order valence-electron chi connectivity index (χ2n) is 10.2. The summed E-state index contributed by atoms with van der Waals surface area (Å²) in [5, 5.41) is 18.6. The number of allylic oxidation sites excluding steroid dienone is 4. The molecule has 0 spiro atoms. The fourth-order valence-corrected chi connectivity index (χ4v) is 5.24. The quantitative estimate of drug-likeness (QED) is 0.318. The predicted molar refractivity (Wildman–Crippen MR) is 142 cm³/mol. The Balaban J connectivity index is 1.21. The zero-order valence-corrected chi connectivity index (χ0v) is 21.0. The lowest BCUT2D eigenvalue weighted by molar-refractivity contribution is -0.140. The number of hydrogen-bond donors (Lipinski definition) is 1. The first kappa shape index (κ1) is 23.2. The second-order valence-corrected chi connectivity index (χ2v) is 10.2. The molecule has 2 aromatic heterocycles. The lowest BCUT2D eigenvalue weighted by Crippen LogP contribution is -2.19. The van der Waals surface area contributed by atoms with Crippen molar-refractivity contribution in [1.29, 1.82) is 0 Å². The molecule has 2 aliphatic carbocycles. The normalized spacial score (nSPS) is 19.7. The molecule has 0 aliphatic heterocycles. The van der Waals surface area contributed by atoms with E-state index >= 15 is 0 Å². The number of nitrogens with zero attached hydrogens (tertiary/aromatic N) is 3. The Labute approximate surface area is 215 Å². The molecule has 1 N–H and O–H groups in total. The van der Waals surface area contributed by atoms with Gasteiger partial charge >= 0.3 is 5.97 Å². The molecular weight excluding hydrogens is 462 g/mol. The molecule has 0 radical (unpaired) electrons. The van der Waals surface area contributed by atoms with Gasteiger partial charge in [0.1, 0.15) is 0 Å². The predicted octanol–water partition coefficient (Wildman–Crippen LogP) is 6.52. The Bertz CT molecular complexity index is 1500. The summed E-state index contributed by atoms with van der Waals surface area (Å²) in [7, 11) is 0. The van der Waals surface area contributed by atoms with E-state index in [9.17, 15) is 9.90 Å². The van der Waals surface area contributed by atoms with Gasteiger partial charge in [-0.1, -0.05) is 84.9 Å². The summed E-state index contributed by atoms with van der Waals surface area (Å²) < 4.78 is 7.71. The maximum absolute atomic E-state index is 11.6. The average Bonchev–Trinajstić information content (AvgIpc) is 3.49. The van der Waals surface area contributed by atoms with Crippen molar-refractivity contribution < 1.29 is 14.4 Å². The molecule has 6 heteroatoms. The van der Waals surface area contributed by atoms with Gasteiger partial charge in [-0.05, 0) is 48.4 Å². The maximum Gasteiger partial charge on any atom is 0.314 e. The summed E-state index contributed by atoms with van der Waals surface area (Å²) in [5.74, 6) is 0.729. The fourth-order valence-electron chi connectivity index (χ4n) is 5.24. The van der Waals surface area contributed by atoms with Crippen LogP contribution in [0.2, 0.25) is 0 Å². The van der Waals surface area contributed by atoms with Gasteiger partial charge in [-0.2, -0.15) is 5.10 Å². The molecule has 0 amide bonds. The summed E-state index contributed by atoms with van der Waals surface area (Å²) >= 11 is 0. The molecule has 186 valence electrons. The second kappa shape index (κ2) is 9.04. The van der Waals surface area contributed by atoms with Crippen LogP contribution in [-0.4, -0.2) is 26.0 Å². The van der Waals surface area contributed by atoms with E-state index in [-0.39, 0.29) is 5.92 Å². The number of aromatic nitrogens is 3. The molecule has 2 heterocycles. The van der Waals surface area contributed by atoms with Crippen molar-refractivity contribution >= 4 is 5.97 Å². The van der Waals surface area contributed by atoms with Crippen LogP contribution in [0.3, 0.4) is 0 Å². The van der Waals surface area contributed by atoms with E-state index in [1.54, 1.807) is 0 Å². The zero-order chi connectivity index (χ0) is 25.6. The first-order valence-corrected chi connectivity index (χ1v) is 12.7. The van der Waals surface area contributed by atoms with Gasteiger partial charge in [-0.25, -0.2) is 0 Å². The van der Waals surface area contributed by atoms with E-state index in [0.29, 0.717) is 25.3 Å². The van der Waals surface area contributed by atoms with Crippen LogP contribution in [0.4, 0.5) is 0 Å². The lowest BCUT2D eigenvalue weighted by atomic mass is 9.88. The van der Waals surface area contributed by atoms with Crippen molar-refractivity contribution in [2.45, 2.75) is 44.6 Å². The minimum Gasteiger partial charge on any atom is -0.481 e. The van der Waals surface area contributed by atoms with Crippen molar-refractivity contribution in [1.82, 2.24) is 14.9 Å². The summed E-state index contributed by atoms with van der Waals surface area (Å²) in [4.78, 5) is 11.6. The number of rotatable bonds is 7. The number of hydrogen-bond acceptors (Lipinski definition) is 4. The summed E-state index contributed by atoms with van der Waals surface area (Å²) in [5.41, 5.74) is 6.21. The minimum atomic E-state index is -0.730. The van der Waals surface area contributed by atoms with Crippen molar-refractivity contribution in [3.05, 3.63) is 108 Å². The third-order valence-corrected chi connectivity index (χ3v) is 7.80. The van der Waals surface area contributed by atoms with Gasteiger partial charge in [0.25, 0.3) is 0 Å². The van der Waals surface area contributed by atoms with E-state index in [4.69, 9.17) is 9.62 Å². The molecule has 2 unspecified atom stereocenters. The van der Waals surface area contributed by atoms with Gasteiger partial charge in [0.15, 0.2) is 5.76 Å². The van der Waals surface area contributed by atoms with E-state index in [1.807, 2.05) is 54.2 Å². The first-order valence-electron chi connectivity index (χ1n) is 12.7. The fraction of sp³-hybridized carbons (Fsp3) is 0.258.